The highest BCUT2D eigenvalue weighted by Crippen LogP contribution is 2.23. The molecule has 82 valence electrons. The summed E-state index contributed by atoms with van der Waals surface area (Å²) in [7, 11) is 0. The number of thioether (sulfide) groups is 1. The molecule has 0 heterocycles. The van der Waals surface area contributed by atoms with Crippen molar-refractivity contribution in [3.05, 3.63) is 24.3 Å². The minimum absolute atomic E-state index is 0.177. The van der Waals surface area contributed by atoms with Gasteiger partial charge in [-0.25, -0.2) is 0 Å². The first-order valence-corrected chi connectivity index (χ1v) is 5.75. The molecule has 0 atom stereocenters. The highest BCUT2D eigenvalue weighted by molar-refractivity contribution is 7.99. The third-order valence-corrected chi connectivity index (χ3v) is 2.71. The third kappa shape index (κ3) is 4.74. The Bertz CT molecular complexity index is 322. The molecule has 0 aliphatic rings. The number of anilines is 1. The first kappa shape index (κ1) is 11.9. The molecule has 0 saturated carbocycles. The van der Waals surface area contributed by atoms with E-state index in [0.29, 0.717) is 5.25 Å². The summed E-state index contributed by atoms with van der Waals surface area (Å²) >= 11 is 1.81. The molecule has 1 amide bonds. The average Bonchev–Trinajstić information content (AvgIpc) is 2.16. The second kappa shape index (κ2) is 5.66. The Labute approximate surface area is 94.4 Å². The maximum atomic E-state index is 10.5. The van der Waals surface area contributed by atoms with E-state index in [1.165, 1.54) is 4.90 Å². The van der Waals surface area contributed by atoms with E-state index in [4.69, 9.17) is 5.73 Å². The number of benzene rings is 1. The Morgan fingerprint density at radius 2 is 2.00 bits per heavy atom. The zero-order valence-corrected chi connectivity index (χ0v) is 9.80. The number of nitrogens with one attached hydrogen (secondary N) is 1. The standard InChI is InChI=1S/C11H16N2OS/c1-8(2)15-10-5-3-9(4-6-10)13-7-11(12)14/h3-6,8,13H,7H2,1-2H3,(H2,12,14). The summed E-state index contributed by atoms with van der Waals surface area (Å²) in [6, 6.07) is 7.98. The summed E-state index contributed by atoms with van der Waals surface area (Å²) in [6.45, 7) is 4.49. The van der Waals surface area contributed by atoms with Gasteiger partial charge in [0.2, 0.25) is 5.91 Å². The van der Waals surface area contributed by atoms with Gasteiger partial charge in [-0.15, -0.1) is 11.8 Å². The highest BCUT2D eigenvalue weighted by atomic mass is 32.2. The predicted octanol–water partition coefficient (Wildman–Crippen LogP) is 2.08. The van der Waals surface area contributed by atoms with Crippen molar-refractivity contribution >= 4 is 23.4 Å². The predicted molar refractivity (Wildman–Crippen MR) is 65.1 cm³/mol. The lowest BCUT2D eigenvalue weighted by molar-refractivity contribution is -0.116. The molecule has 0 radical (unpaired) electrons. The van der Waals surface area contributed by atoms with E-state index in [-0.39, 0.29) is 12.5 Å². The van der Waals surface area contributed by atoms with E-state index >= 15 is 0 Å². The number of hydrogen-bond acceptors (Lipinski definition) is 3. The number of hydrogen-bond donors (Lipinski definition) is 2. The van der Waals surface area contributed by atoms with E-state index in [2.05, 4.69) is 19.2 Å². The normalized spacial score (nSPS) is 10.3. The summed E-state index contributed by atoms with van der Waals surface area (Å²) in [5, 5.41) is 3.52. The topological polar surface area (TPSA) is 55.1 Å². The van der Waals surface area contributed by atoms with Crippen LogP contribution in [0.3, 0.4) is 0 Å². The van der Waals surface area contributed by atoms with Gasteiger partial charge in [-0.2, -0.15) is 0 Å². The zero-order chi connectivity index (χ0) is 11.3. The Morgan fingerprint density at radius 3 is 2.47 bits per heavy atom. The molecule has 0 saturated heterocycles. The van der Waals surface area contributed by atoms with Crippen LogP contribution in [0.25, 0.3) is 0 Å². The van der Waals surface area contributed by atoms with Crippen LogP contribution in [0.2, 0.25) is 0 Å². The van der Waals surface area contributed by atoms with E-state index in [1.807, 2.05) is 36.0 Å². The van der Waals surface area contributed by atoms with Gasteiger partial charge < -0.3 is 11.1 Å². The van der Waals surface area contributed by atoms with Crippen molar-refractivity contribution in [2.24, 2.45) is 5.73 Å². The van der Waals surface area contributed by atoms with Gasteiger partial charge in [-0.1, -0.05) is 13.8 Å². The number of carbonyl (C=O) groups is 1. The van der Waals surface area contributed by atoms with Gasteiger partial charge in [0.05, 0.1) is 6.54 Å². The first-order valence-electron chi connectivity index (χ1n) is 4.87. The largest absolute Gasteiger partial charge is 0.376 e. The molecule has 0 bridgehead atoms. The Hall–Kier alpha value is -1.16. The fourth-order valence-electron chi connectivity index (χ4n) is 1.11. The van der Waals surface area contributed by atoms with Crippen LogP contribution >= 0.6 is 11.8 Å². The van der Waals surface area contributed by atoms with Crippen molar-refractivity contribution in [2.75, 3.05) is 11.9 Å². The summed E-state index contributed by atoms with van der Waals surface area (Å²) < 4.78 is 0. The second-order valence-electron chi connectivity index (χ2n) is 3.51. The molecule has 0 aliphatic carbocycles. The number of carbonyl (C=O) groups excluding carboxylic acids is 1. The van der Waals surface area contributed by atoms with Gasteiger partial charge in [0.15, 0.2) is 0 Å². The fraction of sp³-hybridized carbons (Fsp3) is 0.364. The summed E-state index contributed by atoms with van der Waals surface area (Å²) in [4.78, 5) is 11.8. The molecule has 0 aliphatic heterocycles. The summed E-state index contributed by atoms with van der Waals surface area (Å²) in [5.74, 6) is -0.351. The quantitative estimate of drug-likeness (QED) is 0.753. The smallest absolute Gasteiger partial charge is 0.236 e. The molecule has 1 aromatic carbocycles. The van der Waals surface area contributed by atoms with Crippen molar-refractivity contribution in [1.29, 1.82) is 0 Å². The first-order chi connectivity index (χ1) is 7.08. The SMILES string of the molecule is CC(C)Sc1ccc(NCC(N)=O)cc1. The Kier molecular flexibility index (Phi) is 4.49. The number of primary amides is 1. The molecule has 15 heavy (non-hydrogen) atoms. The molecule has 3 N–H and O–H groups in total. The van der Waals surface area contributed by atoms with Gasteiger partial charge in [0, 0.05) is 15.8 Å². The van der Waals surface area contributed by atoms with E-state index < -0.39 is 0 Å². The Morgan fingerprint density at radius 1 is 1.40 bits per heavy atom. The lowest BCUT2D eigenvalue weighted by Gasteiger charge is -2.07. The lowest BCUT2D eigenvalue weighted by Crippen LogP contribution is -2.21. The monoisotopic (exact) mass is 224 g/mol. The van der Waals surface area contributed by atoms with E-state index in [0.717, 1.165) is 5.69 Å². The van der Waals surface area contributed by atoms with Gasteiger partial charge in [-0.3, -0.25) is 4.79 Å². The molecular formula is C11H16N2OS. The summed E-state index contributed by atoms with van der Waals surface area (Å²) in [6.07, 6.45) is 0. The number of rotatable bonds is 5. The van der Waals surface area contributed by atoms with Gasteiger partial charge in [0.1, 0.15) is 0 Å². The molecule has 4 heteroatoms. The maximum absolute atomic E-state index is 10.5. The highest BCUT2D eigenvalue weighted by Gasteiger charge is 1.99. The molecular weight excluding hydrogens is 208 g/mol. The Balaban J connectivity index is 2.52. The van der Waals surface area contributed by atoms with Crippen LogP contribution in [0, 0.1) is 0 Å². The van der Waals surface area contributed by atoms with Crippen LogP contribution in [0.4, 0.5) is 5.69 Å². The van der Waals surface area contributed by atoms with Crippen LogP contribution < -0.4 is 11.1 Å². The minimum atomic E-state index is -0.351. The minimum Gasteiger partial charge on any atom is -0.376 e. The molecule has 3 nitrogen and oxygen atoms in total. The van der Waals surface area contributed by atoms with Crippen molar-refractivity contribution in [1.82, 2.24) is 0 Å². The van der Waals surface area contributed by atoms with Crippen LogP contribution in [-0.2, 0) is 4.79 Å². The average molecular weight is 224 g/mol. The van der Waals surface area contributed by atoms with Crippen LogP contribution in [0.15, 0.2) is 29.2 Å². The molecule has 1 rings (SSSR count). The lowest BCUT2D eigenvalue weighted by atomic mass is 10.3. The molecule has 0 aromatic heterocycles. The van der Waals surface area contributed by atoms with E-state index in [1.54, 1.807) is 0 Å². The zero-order valence-electron chi connectivity index (χ0n) is 8.99. The van der Waals surface area contributed by atoms with Gasteiger partial charge >= 0.3 is 0 Å². The maximum Gasteiger partial charge on any atom is 0.236 e. The summed E-state index contributed by atoms with van der Waals surface area (Å²) in [5.41, 5.74) is 5.95. The van der Waals surface area contributed by atoms with Gasteiger partial charge in [0.25, 0.3) is 0 Å². The molecule has 0 fully saturated rings. The van der Waals surface area contributed by atoms with E-state index in [9.17, 15) is 4.79 Å². The number of nitrogens with two attached hydrogens (primary N) is 1. The fourth-order valence-corrected chi connectivity index (χ4v) is 1.95. The second-order valence-corrected chi connectivity index (χ2v) is 5.16. The molecule has 0 unspecified atom stereocenters. The van der Waals surface area contributed by atoms with Crippen LogP contribution in [0.1, 0.15) is 13.8 Å². The van der Waals surface area contributed by atoms with Crippen molar-refractivity contribution < 1.29 is 4.79 Å². The van der Waals surface area contributed by atoms with Crippen molar-refractivity contribution in [3.63, 3.8) is 0 Å². The third-order valence-electron chi connectivity index (χ3n) is 1.69. The molecule has 0 spiro atoms. The number of amides is 1. The molecule has 1 aromatic rings. The van der Waals surface area contributed by atoms with Crippen molar-refractivity contribution in [3.8, 4) is 0 Å². The van der Waals surface area contributed by atoms with Gasteiger partial charge in [-0.05, 0) is 24.3 Å². The van der Waals surface area contributed by atoms with Crippen LogP contribution in [-0.4, -0.2) is 17.7 Å². The van der Waals surface area contributed by atoms with Crippen molar-refractivity contribution in [2.45, 2.75) is 24.0 Å². The van der Waals surface area contributed by atoms with Crippen LogP contribution in [0.5, 0.6) is 0 Å².